The smallest absolute Gasteiger partial charge is 0.508 e. The van der Waals surface area contributed by atoms with Crippen LogP contribution in [0.1, 0.15) is 141 Å². The predicted octanol–water partition coefficient (Wildman–Crippen LogP) is 4.45. The van der Waals surface area contributed by atoms with Crippen molar-refractivity contribution < 1.29 is 165 Å². The topological polar surface area (TPSA) is 614 Å². The molecule has 23 atom stereocenters. The second-order valence-corrected chi connectivity index (χ2v) is 36.9. The van der Waals surface area contributed by atoms with E-state index in [4.69, 9.17) is 71.6 Å². The number of hydrogen-bond acceptors (Lipinski definition) is 34. The van der Waals surface area contributed by atoms with Crippen molar-refractivity contribution in [1.82, 2.24) is 42.1 Å². The summed E-state index contributed by atoms with van der Waals surface area (Å²) in [6.07, 6.45) is -36.9. The van der Waals surface area contributed by atoms with Gasteiger partial charge in [-0.3, -0.25) is 43.3 Å². The lowest BCUT2D eigenvalue weighted by Crippen LogP contribution is -2.65. The summed E-state index contributed by atoms with van der Waals surface area (Å²) < 4.78 is 101. The van der Waals surface area contributed by atoms with Gasteiger partial charge in [-0.1, -0.05) is 80.9 Å². The molecule has 7 aromatic rings. The van der Waals surface area contributed by atoms with Gasteiger partial charge in [-0.2, -0.15) is 0 Å². The Kier molecular flexibility index (Phi) is 34.9. The first-order valence-electron chi connectivity index (χ1n) is 45.2. The highest BCUT2D eigenvalue weighted by molar-refractivity contribution is 6.32. The molecule has 9 aliphatic rings. The second kappa shape index (κ2) is 46.0. The molecule has 4 saturated heterocycles. The number of amides is 6. The lowest BCUT2D eigenvalue weighted by molar-refractivity contribution is -0.350. The number of carboxylic acids is 1. The first-order valence-corrected chi connectivity index (χ1v) is 46.0. The average Bonchev–Trinajstić information content (AvgIpc) is 0.751. The summed E-state index contributed by atoms with van der Waals surface area (Å²) in [5.74, 6) is -21.2. The average molecular weight is 2030 g/mol. The number of aliphatic carboxylic acids is 1. The molecule has 0 aromatic heterocycles. The molecule has 22 N–H and O–H groups in total. The minimum Gasteiger partial charge on any atom is -0.508 e. The Morgan fingerprint density at radius 2 is 1.37 bits per heavy atom. The first kappa shape index (κ1) is 108. The highest BCUT2D eigenvalue weighted by Crippen LogP contribution is 2.51. The van der Waals surface area contributed by atoms with E-state index in [2.05, 4.69) is 52.2 Å². The number of fused-ring (bicyclic) bond motifs is 15. The molecule has 142 heavy (non-hydrogen) atoms. The summed E-state index contributed by atoms with van der Waals surface area (Å²) in [6, 6.07) is 14.6. The van der Waals surface area contributed by atoms with E-state index in [1.54, 1.807) is 19.1 Å². The number of alkyl halides is 3. The number of nitrogens with zero attached hydrogens (tertiary/aromatic N) is 1. The number of primary amides is 1. The molecule has 9 aliphatic heterocycles. The third-order valence-corrected chi connectivity index (χ3v) is 26.1. The zero-order valence-corrected chi connectivity index (χ0v) is 77.9. The zero-order valence-electron chi connectivity index (χ0n) is 76.3. The van der Waals surface area contributed by atoms with Crippen molar-refractivity contribution in [3.8, 4) is 62.9 Å². The molecule has 6 amide bonds. The lowest BCUT2D eigenvalue weighted by atomic mass is 9.84. The summed E-state index contributed by atoms with van der Waals surface area (Å²) in [7, 11) is 1.47. The van der Waals surface area contributed by atoms with Crippen molar-refractivity contribution in [2.24, 2.45) is 17.6 Å². The lowest BCUT2D eigenvalue weighted by Gasteiger charge is -2.47. The van der Waals surface area contributed by atoms with Gasteiger partial charge < -0.3 is 157 Å². The van der Waals surface area contributed by atoms with Gasteiger partial charge in [0.1, 0.15) is 114 Å². The Balaban J connectivity index is 0.0000169. The van der Waals surface area contributed by atoms with Crippen LogP contribution >= 0.6 is 23.2 Å². The highest BCUT2D eigenvalue weighted by Gasteiger charge is 2.54. The summed E-state index contributed by atoms with van der Waals surface area (Å²) in [4.78, 5) is 138. The van der Waals surface area contributed by atoms with E-state index in [0.29, 0.717) is 38.4 Å². The van der Waals surface area contributed by atoms with E-state index in [9.17, 15) is 93.6 Å². The molecule has 11 bridgehead atoms. The van der Waals surface area contributed by atoms with E-state index < -0.39 is 309 Å². The summed E-state index contributed by atoms with van der Waals surface area (Å²) in [5, 5.41) is 163. The first-order chi connectivity index (χ1) is 66.9. The largest absolute Gasteiger partial charge is 0.573 e. The molecule has 7 aromatic carbocycles. The number of carbonyl (C=O) groups excluding carboxylic acids is 8. The van der Waals surface area contributed by atoms with Crippen molar-refractivity contribution in [1.29, 1.82) is 0 Å². The van der Waals surface area contributed by atoms with Gasteiger partial charge in [0.05, 0.1) is 60.0 Å². The molecule has 4 fully saturated rings. The fraction of sp³-hybridized carbons (Fsp3) is 0.469. The standard InChI is InChI=1S/C95H109Cl2F3N10O31.CH4/c1-41(2)24-58(102-5)89(128)108-74-61(115)30-49(33-69(101)117)87(126)106-72-48-31-65(134-63-16-13-45(76(74)118)28-56(63)96)83(139-93-81(123)79(121)84(68(40-111)137-93)140-92-80(122)78(120)77(119)67(136-92)39-103-38-43-8-6-10-50(25-43)105-86(125)47-9-7-11-52(26-47)141-95(98,99)100)66(32-48)135-64-17-14-46(29-57(64)97)82(138-70-37-94(4,85(124)42(3)133-70)104-18-19-110-20-22-132-23-21-110)75-90(129)107-73(91(130)131)55-34-51(112)35-60(114)71(55)54-27-44(12-15-59(54)113)53(36-62(72)116)88(127)109-75;/h6-17,25-29,31-32,34-35,41-42,49,53,58,67-68,70,72-82,84-85,92-93,102-104,111-114,118-124H,18-24,30,33,36-40H2,1-5H3,(H2,101,117)(H,105,125)(H,106,126)(H,107,129)(H,108,128)(H,109,127)(H,130,131);1H4/t42-,49-,53+,58+,67+,68+,70?,72+,73+,74?,75-,76+,77-,78-,79+,80+,81+,82+,84+,85-,92-,93-,94-;/m0./s1. The molecular formula is C96H113Cl2F3N10O31. The van der Waals surface area contributed by atoms with Gasteiger partial charge in [0.15, 0.2) is 41.7 Å². The molecule has 2 unspecified atom stereocenters. The van der Waals surface area contributed by atoms with Crippen molar-refractivity contribution in [2.75, 3.05) is 64.9 Å². The van der Waals surface area contributed by atoms with Crippen molar-refractivity contribution in [2.45, 2.75) is 214 Å². The third-order valence-electron chi connectivity index (χ3n) is 25.5. The van der Waals surface area contributed by atoms with Gasteiger partial charge in [0.25, 0.3) is 5.91 Å². The third kappa shape index (κ3) is 25.1. The fourth-order valence-electron chi connectivity index (χ4n) is 18.1. The maximum absolute atomic E-state index is 16.8. The SMILES string of the molecule is C.CN[C@H](CC(C)C)C(=O)NC1C(=O)C[C@@H](CC(N)=O)C(=O)N[C@H]2C(=O)C[C@H]3C(=O)N[C@H](C(=O)N[C@@H](C(=O)O)c4cc(O)cc(O)c4-c4cc3ccc4O)[C@H](OC3C[C@](C)(NCCN4CCOCC4)[C@@H](O)[C@H](C)O3)c3ccc(c(Cl)c3)Oc3cc2cc(c3O[C@@H]2O[C@H](CO)[C@@H](O[C@@H]3O[C@H](CNCc4cccc(NC(=O)c5cccc(OC(F)(F)F)c5)c4)[C@H](O)[C@H](O)[C@H]3O)[C@H](O)[C@H]2O)Oc2ccc(cc2Cl)[C@H]1O. The van der Waals surface area contributed by atoms with Crippen LogP contribution in [0.15, 0.2) is 127 Å². The van der Waals surface area contributed by atoms with Crippen LogP contribution in [0.3, 0.4) is 0 Å². The minimum absolute atomic E-state index is 0. The molecule has 16 rings (SSSR count). The number of hydrogen-bond donors (Lipinski definition) is 21. The van der Waals surface area contributed by atoms with Crippen molar-refractivity contribution >= 4 is 81.9 Å². The number of rotatable bonds is 26. The number of nitrogens with two attached hydrogens (primary N) is 1. The van der Waals surface area contributed by atoms with E-state index in [1.807, 2.05) is 13.8 Å². The maximum Gasteiger partial charge on any atom is 0.573 e. The number of morpholine rings is 1. The number of benzene rings is 7. The van der Waals surface area contributed by atoms with E-state index in [-0.39, 0.29) is 73.8 Å². The molecule has 9 heterocycles. The number of aromatic hydroxyl groups is 3. The van der Waals surface area contributed by atoms with Crippen LogP contribution in [0.5, 0.6) is 51.7 Å². The van der Waals surface area contributed by atoms with Gasteiger partial charge in [0.2, 0.25) is 41.6 Å². The number of anilines is 1. The number of carbonyl (C=O) groups is 9. The Labute approximate surface area is 820 Å². The molecule has 0 radical (unpaired) electrons. The maximum atomic E-state index is 16.8. The van der Waals surface area contributed by atoms with E-state index in [0.717, 1.165) is 60.7 Å². The molecule has 41 nitrogen and oxygen atoms in total. The Morgan fingerprint density at radius 3 is 2.03 bits per heavy atom. The van der Waals surface area contributed by atoms with Gasteiger partial charge >= 0.3 is 12.3 Å². The van der Waals surface area contributed by atoms with Crippen molar-refractivity contribution in [3.63, 3.8) is 0 Å². The minimum atomic E-state index is -5.03. The van der Waals surface area contributed by atoms with Gasteiger partial charge in [-0.15, -0.1) is 13.2 Å². The number of likely N-dealkylation sites (N-methyl/N-ethyl adjacent to an activating group) is 1. The number of Topliss-reactive ketones (excluding diaryl/α,β-unsaturated/α-hetero) is 2. The summed E-state index contributed by atoms with van der Waals surface area (Å²) >= 11 is 14.7. The fourth-order valence-corrected chi connectivity index (χ4v) is 18.6. The number of halogens is 5. The van der Waals surface area contributed by atoms with Crippen LogP contribution in [0.2, 0.25) is 10.0 Å². The Bertz CT molecular complexity index is 5790. The van der Waals surface area contributed by atoms with Crippen LogP contribution in [0.4, 0.5) is 18.9 Å². The number of nitrogens with one attached hydrogen (secondary N) is 8. The normalized spacial score (nSPS) is 28.5. The molecule has 768 valence electrons. The number of phenolic OH excluding ortho intramolecular Hbond substituents is 3. The van der Waals surface area contributed by atoms with Crippen LogP contribution in [-0.2, 0) is 73.3 Å². The quantitative estimate of drug-likeness (QED) is 0.0356. The second-order valence-electron chi connectivity index (χ2n) is 36.1. The summed E-state index contributed by atoms with van der Waals surface area (Å²) in [6.45, 7) is 8.22. The van der Waals surface area contributed by atoms with Crippen LogP contribution < -0.4 is 67.2 Å². The number of ketones is 2. The Morgan fingerprint density at radius 1 is 0.697 bits per heavy atom. The monoisotopic (exact) mass is 2030 g/mol. The number of carboxylic acid groups (broad SMARTS) is 1. The van der Waals surface area contributed by atoms with E-state index in [1.165, 1.54) is 68.6 Å². The molecule has 0 aliphatic carbocycles. The van der Waals surface area contributed by atoms with Crippen molar-refractivity contribution in [3.05, 3.63) is 176 Å². The Hall–Kier alpha value is -11.6. The number of ether oxygens (including phenoxy) is 10. The molecule has 0 spiro atoms. The molecule has 0 saturated carbocycles. The highest BCUT2D eigenvalue weighted by atomic mass is 35.5. The van der Waals surface area contributed by atoms with Crippen LogP contribution in [0, 0.1) is 11.8 Å². The summed E-state index contributed by atoms with van der Waals surface area (Å²) in [5.41, 5.74) is 2.43. The number of aliphatic hydroxyl groups excluding tert-OH is 8. The van der Waals surface area contributed by atoms with E-state index >= 15 is 24.0 Å². The van der Waals surface area contributed by atoms with Gasteiger partial charge in [0, 0.05) is 104 Å². The van der Waals surface area contributed by atoms with Crippen LogP contribution in [-0.4, -0.2) is 289 Å². The van der Waals surface area contributed by atoms with Gasteiger partial charge in [-0.05, 0) is 146 Å². The number of aliphatic hydroxyl groups is 8. The van der Waals surface area contributed by atoms with Gasteiger partial charge in [-0.25, -0.2) is 4.79 Å². The number of phenols is 3. The zero-order chi connectivity index (χ0) is 102. The predicted molar refractivity (Wildman–Crippen MR) is 495 cm³/mol. The molecule has 46 heteroatoms. The van der Waals surface area contributed by atoms with Crippen LogP contribution in [0.25, 0.3) is 11.1 Å². The molecular weight excluding hydrogens is 1920 g/mol.